The zero-order valence-corrected chi connectivity index (χ0v) is 17.2. The molecule has 10 nitrogen and oxygen atoms in total. The Hall–Kier alpha value is -3.21. The molecule has 0 saturated heterocycles. The molecule has 0 unspecified atom stereocenters. The van der Waals surface area contributed by atoms with Crippen LogP contribution in [-0.4, -0.2) is 36.2 Å². The predicted octanol–water partition coefficient (Wildman–Crippen LogP) is 0.317. The van der Waals surface area contributed by atoms with Crippen molar-refractivity contribution in [2.24, 2.45) is 14.1 Å². The van der Waals surface area contributed by atoms with Gasteiger partial charge >= 0.3 is 5.69 Å². The third-order valence-electron chi connectivity index (χ3n) is 4.57. The van der Waals surface area contributed by atoms with Crippen LogP contribution in [0.3, 0.4) is 0 Å². The van der Waals surface area contributed by atoms with Crippen LogP contribution in [0, 0.1) is 6.92 Å². The second-order valence-corrected chi connectivity index (χ2v) is 7.28. The SMILES string of the molecule is CSc1nc(C)c(CCC(=O)Nc2cnc3c(c2)c(=O)n(C)c(=O)n3C)c(=O)[nH]1. The average molecular weight is 416 g/mol. The summed E-state index contributed by atoms with van der Waals surface area (Å²) in [5.74, 6) is -0.333. The van der Waals surface area contributed by atoms with E-state index in [-0.39, 0.29) is 35.3 Å². The minimum atomic E-state index is -0.492. The second-order valence-electron chi connectivity index (χ2n) is 6.49. The van der Waals surface area contributed by atoms with E-state index in [1.54, 1.807) is 6.92 Å². The Bertz CT molecular complexity index is 1290. The Balaban J connectivity index is 1.80. The van der Waals surface area contributed by atoms with Gasteiger partial charge in [0.25, 0.3) is 11.1 Å². The first-order valence-electron chi connectivity index (χ1n) is 8.72. The van der Waals surface area contributed by atoms with Crippen molar-refractivity contribution in [3.63, 3.8) is 0 Å². The highest BCUT2D eigenvalue weighted by molar-refractivity contribution is 7.98. The Morgan fingerprint density at radius 3 is 2.62 bits per heavy atom. The maximum atomic E-state index is 12.3. The lowest BCUT2D eigenvalue weighted by atomic mass is 10.1. The molecule has 0 aromatic carbocycles. The zero-order chi connectivity index (χ0) is 21.3. The zero-order valence-electron chi connectivity index (χ0n) is 16.4. The molecule has 3 aromatic rings. The molecular formula is C18H20N6O4S. The monoisotopic (exact) mass is 416 g/mol. The van der Waals surface area contributed by atoms with Gasteiger partial charge in [-0.2, -0.15) is 0 Å². The standard InChI is InChI=1S/C18H20N6O4S/c1-9-11(15(26)22-17(20-9)29-4)5-6-13(25)21-10-7-12-14(19-8-10)23(2)18(28)24(3)16(12)27/h7-8H,5-6H2,1-4H3,(H,21,25)(H,20,22,26). The van der Waals surface area contributed by atoms with Crippen LogP contribution in [0.4, 0.5) is 5.69 Å². The van der Waals surface area contributed by atoms with E-state index in [1.807, 2.05) is 6.26 Å². The molecule has 0 spiro atoms. The van der Waals surface area contributed by atoms with Gasteiger partial charge in [-0.25, -0.2) is 14.8 Å². The first kappa shape index (κ1) is 20.5. The van der Waals surface area contributed by atoms with Gasteiger partial charge in [0.05, 0.1) is 17.3 Å². The summed E-state index contributed by atoms with van der Waals surface area (Å²) in [7, 11) is 2.90. The van der Waals surface area contributed by atoms with Crippen LogP contribution in [-0.2, 0) is 25.3 Å². The van der Waals surface area contributed by atoms with E-state index in [1.165, 1.54) is 42.7 Å². The van der Waals surface area contributed by atoms with Crippen LogP contribution in [0.1, 0.15) is 17.7 Å². The number of pyridine rings is 1. The molecule has 1 amide bonds. The number of anilines is 1. The summed E-state index contributed by atoms with van der Waals surface area (Å²) in [4.78, 5) is 59.9. The summed E-state index contributed by atoms with van der Waals surface area (Å²) in [5.41, 5.74) is 0.382. The molecule has 0 aliphatic rings. The molecule has 11 heteroatoms. The summed E-state index contributed by atoms with van der Waals surface area (Å²) in [6.45, 7) is 1.73. The number of aromatic amines is 1. The first-order valence-corrected chi connectivity index (χ1v) is 9.94. The Labute approximate surface area is 169 Å². The normalized spacial score (nSPS) is 11.0. The van der Waals surface area contributed by atoms with Crippen LogP contribution in [0.15, 0.2) is 31.8 Å². The quantitative estimate of drug-likeness (QED) is 0.452. The van der Waals surface area contributed by atoms with Gasteiger partial charge in [-0.15, -0.1) is 0 Å². The van der Waals surface area contributed by atoms with E-state index in [4.69, 9.17) is 0 Å². The van der Waals surface area contributed by atoms with Gasteiger partial charge < -0.3 is 10.3 Å². The van der Waals surface area contributed by atoms with Crippen LogP contribution in [0.2, 0.25) is 0 Å². The molecule has 3 heterocycles. The van der Waals surface area contributed by atoms with Crippen LogP contribution >= 0.6 is 11.8 Å². The number of carbonyl (C=O) groups is 1. The summed E-state index contributed by atoms with van der Waals surface area (Å²) in [5, 5.41) is 3.42. The number of hydrogen-bond donors (Lipinski definition) is 2. The summed E-state index contributed by atoms with van der Waals surface area (Å²) in [6, 6.07) is 1.48. The molecule has 3 aromatic heterocycles. The highest BCUT2D eigenvalue weighted by Crippen LogP contribution is 2.13. The molecule has 29 heavy (non-hydrogen) atoms. The van der Waals surface area contributed by atoms with Crippen LogP contribution in [0.25, 0.3) is 11.0 Å². The molecule has 0 fully saturated rings. The Kier molecular flexibility index (Phi) is 5.69. The van der Waals surface area contributed by atoms with E-state index in [0.717, 1.165) is 4.57 Å². The fourth-order valence-electron chi connectivity index (χ4n) is 2.97. The number of thioether (sulfide) groups is 1. The van der Waals surface area contributed by atoms with E-state index in [0.29, 0.717) is 22.1 Å². The number of hydrogen-bond acceptors (Lipinski definition) is 7. The van der Waals surface area contributed by atoms with Crippen molar-refractivity contribution in [1.82, 2.24) is 24.1 Å². The molecule has 0 aliphatic heterocycles. The first-order chi connectivity index (χ1) is 13.7. The van der Waals surface area contributed by atoms with Crippen LogP contribution in [0.5, 0.6) is 0 Å². The fraction of sp³-hybridized carbons (Fsp3) is 0.333. The second kappa shape index (κ2) is 8.03. The number of nitrogens with zero attached hydrogens (tertiary/aromatic N) is 4. The molecule has 0 saturated carbocycles. The molecule has 0 atom stereocenters. The lowest BCUT2D eigenvalue weighted by Gasteiger charge is -2.09. The molecule has 3 rings (SSSR count). The van der Waals surface area contributed by atoms with E-state index in [2.05, 4.69) is 20.3 Å². The summed E-state index contributed by atoms with van der Waals surface area (Å²) in [6.07, 6.45) is 3.49. The number of carbonyl (C=O) groups excluding carboxylic acids is 1. The molecule has 0 radical (unpaired) electrons. The van der Waals surface area contributed by atoms with E-state index >= 15 is 0 Å². The fourth-order valence-corrected chi connectivity index (χ4v) is 3.39. The van der Waals surface area contributed by atoms with Crippen molar-refractivity contribution in [1.29, 1.82) is 0 Å². The Morgan fingerprint density at radius 2 is 1.97 bits per heavy atom. The third-order valence-corrected chi connectivity index (χ3v) is 5.15. The maximum Gasteiger partial charge on any atom is 0.332 e. The lowest BCUT2D eigenvalue weighted by molar-refractivity contribution is -0.116. The number of fused-ring (bicyclic) bond motifs is 1. The van der Waals surface area contributed by atoms with Gasteiger partial charge in [-0.05, 0) is 25.7 Å². The summed E-state index contributed by atoms with van der Waals surface area (Å²) >= 11 is 1.34. The van der Waals surface area contributed by atoms with Crippen molar-refractivity contribution in [3.8, 4) is 0 Å². The van der Waals surface area contributed by atoms with Gasteiger partial charge in [0.15, 0.2) is 5.16 Å². The van der Waals surface area contributed by atoms with E-state index < -0.39 is 11.2 Å². The minimum absolute atomic E-state index is 0.0630. The number of amides is 1. The molecule has 0 bridgehead atoms. The molecular weight excluding hydrogens is 396 g/mol. The summed E-state index contributed by atoms with van der Waals surface area (Å²) < 4.78 is 2.25. The number of H-pyrrole nitrogens is 1. The predicted molar refractivity (Wildman–Crippen MR) is 111 cm³/mol. The van der Waals surface area contributed by atoms with Crippen molar-refractivity contribution in [2.75, 3.05) is 11.6 Å². The van der Waals surface area contributed by atoms with Gasteiger partial charge in [0, 0.05) is 31.8 Å². The lowest BCUT2D eigenvalue weighted by Crippen LogP contribution is -2.37. The molecule has 2 N–H and O–H groups in total. The smallest absolute Gasteiger partial charge is 0.325 e. The van der Waals surface area contributed by atoms with Crippen molar-refractivity contribution >= 4 is 34.4 Å². The van der Waals surface area contributed by atoms with Gasteiger partial charge in [-0.1, -0.05) is 11.8 Å². The highest BCUT2D eigenvalue weighted by atomic mass is 32.2. The topological polar surface area (TPSA) is 132 Å². The molecule has 152 valence electrons. The van der Waals surface area contributed by atoms with Crippen molar-refractivity contribution in [3.05, 3.63) is 54.7 Å². The number of nitrogens with one attached hydrogen (secondary N) is 2. The highest BCUT2D eigenvalue weighted by Gasteiger charge is 2.13. The van der Waals surface area contributed by atoms with Crippen molar-refractivity contribution < 1.29 is 4.79 Å². The van der Waals surface area contributed by atoms with Gasteiger partial charge in [0.2, 0.25) is 5.91 Å². The maximum absolute atomic E-state index is 12.3. The van der Waals surface area contributed by atoms with E-state index in [9.17, 15) is 19.2 Å². The minimum Gasteiger partial charge on any atom is -0.325 e. The van der Waals surface area contributed by atoms with Crippen molar-refractivity contribution in [2.45, 2.75) is 24.9 Å². The molecule has 0 aliphatic carbocycles. The average Bonchev–Trinajstić information content (AvgIpc) is 2.69. The van der Waals surface area contributed by atoms with Gasteiger partial charge in [0.1, 0.15) is 5.65 Å². The number of aromatic nitrogens is 5. The Morgan fingerprint density at radius 1 is 1.24 bits per heavy atom. The number of rotatable bonds is 5. The third kappa shape index (κ3) is 3.99. The largest absolute Gasteiger partial charge is 0.332 e. The number of aryl methyl sites for hydroxylation is 2. The van der Waals surface area contributed by atoms with Crippen LogP contribution < -0.4 is 22.1 Å². The van der Waals surface area contributed by atoms with Gasteiger partial charge in [-0.3, -0.25) is 23.5 Å².